The van der Waals surface area contributed by atoms with E-state index in [1.165, 1.54) is 0 Å². The van der Waals surface area contributed by atoms with Crippen molar-refractivity contribution in [3.8, 4) is 0 Å². The van der Waals surface area contributed by atoms with Crippen LogP contribution in [0.1, 0.15) is 75.2 Å². The Labute approximate surface area is 220 Å². The molecule has 0 radical (unpaired) electrons. The summed E-state index contributed by atoms with van der Waals surface area (Å²) in [5.74, 6) is -1.24. The zero-order valence-corrected chi connectivity index (χ0v) is 22.6. The van der Waals surface area contributed by atoms with Gasteiger partial charge in [0.15, 0.2) is 11.6 Å². The Hall–Kier alpha value is -2.99. The van der Waals surface area contributed by atoms with Gasteiger partial charge in [0.2, 0.25) is 0 Å². The first-order valence-electron chi connectivity index (χ1n) is 12.3. The van der Waals surface area contributed by atoms with E-state index >= 15 is 0 Å². The number of allylic oxidation sites excluding steroid dienone is 4. The first-order valence-corrected chi connectivity index (χ1v) is 13.1. The van der Waals surface area contributed by atoms with Crippen LogP contribution in [0.3, 0.4) is 0 Å². The second-order valence-corrected chi connectivity index (χ2v) is 12.7. The first kappa shape index (κ1) is 24.7. The van der Waals surface area contributed by atoms with E-state index in [4.69, 9.17) is 0 Å². The van der Waals surface area contributed by atoms with Crippen LogP contribution in [0.15, 0.2) is 75.5 Å². The molecular weight excluding hydrogens is 518 g/mol. The Morgan fingerprint density at radius 1 is 0.806 bits per heavy atom. The summed E-state index contributed by atoms with van der Waals surface area (Å²) in [4.78, 5) is 41.2. The summed E-state index contributed by atoms with van der Waals surface area (Å²) in [6, 6.07) is 14.7. The molecule has 5 rings (SSSR count). The zero-order chi connectivity index (χ0) is 26.0. The van der Waals surface area contributed by atoms with Gasteiger partial charge in [-0.3, -0.25) is 9.59 Å². The van der Waals surface area contributed by atoms with E-state index in [2.05, 4.69) is 48.5 Å². The third-order valence-electron chi connectivity index (χ3n) is 7.49. The molecule has 6 heteroatoms. The van der Waals surface area contributed by atoms with Crippen LogP contribution in [0.5, 0.6) is 0 Å². The highest BCUT2D eigenvalue weighted by Gasteiger charge is 2.49. The maximum atomic E-state index is 13.8. The molecule has 2 aromatic rings. The van der Waals surface area contributed by atoms with E-state index < -0.39 is 11.9 Å². The SMILES string of the molecule is CC1(C)CC(=O)C2=C(C1)N(c1ccc(C(=O)O)cc1)C1=C(C(=O)CC(C)(C)C1)C2c1ccc(Br)cc1. The topological polar surface area (TPSA) is 74.7 Å². The fourth-order valence-electron chi connectivity index (χ4n) is 6.02. The van der Waals surface area contributed by atoms with Crippen molar-refractivity contribution in [1.82, 2.24) is 0 Å². The van der Waals surface area contributed by atoms with Gasteiger partial charge < -0.3 is 10.0 Å². The maximum absolute atomic E-state index is 13.8. The number of carbonyl (C=O) groups is 3. The fourth-order valence-corrected chi connectivity index (χ4v) is 6.28. The number of aromatic carboxylic acids is 1. The molecule has 0 aromatic heterocycles. The van der Waals surface area contributed by atoms with Gasteiger partial charge in [0.1, 0.15) is 0 Å². The Bertz CT molecular complexity index is 1290. The van der Waals surface area contributed by atoms with Gasteiger partial charge in [-0.2, -0.15) is 0 Å². The minimum absolute atomic E-state index is 0.0745. The van der Waals surface area contributed by atoms with Crippen LogP contribution >= 0.6 is 15.9 Å². The molecule has 1 N–H and O–H groups in total. The molecule has 0 saturated heterocycles. The van der Waals surface area contributed by atoms with Gasteiger partial charge in [-0.15, -0.1) is 0 Å². The van der Waals surface area contributed by atoms with Crippen molar-refractivity contribution in [3.63, 3.8) is 0 Å². The van der Waals surface area contributed by atoms with E-state index in [1.54, 1.807) is 24.3 Å². The molecule has 3 aliphatic rings. The van der Waals surface area contributed by atoms with Crippen LogP contribution in [0.25, 0.3) is 0 Å². The number of ketones is 2. The molecule has 1 heterocycles. The molecule has 5 nitrogen and oxygen atoms in total. The van der Waals surface area contributed by atoms with Crippen molar-refractivity contribution in [1.29, 1.82) is 0 Å². The number of hydrogen-bond acceptors (Lipinski definition) is 4. The molecule has 1 aliphatic heterocycles. The monoisotopic (exact) mass is 547 g/mol. The van der Waals surface area contributed by atoms with Crippen molar-refractivity contribution in [2.24, 2.45) is 10.8 Å². The Morgan fingerprint density at radius 2 is 1.28 bits per heavy atom. The fraction of sp³-hybridized carbons (Fsp3) is 0.367. The van der Waals surface area contributed by atoms with Crippen LogP contribution in [0.4, 0.5) is 5.69 Å². The number of anilines is 1. The van der Waals surface area contributed by atoms with Gasteiger partial charge in [0.05, 0.1) is 5.56 Å². The molecule has 186 valence electrons. The van der Waals surface area contributed by atoms with Crippen molar-refractivity contribution in [2.75, 3.05) is 4.90 Å². The van der Waals surface area contributed by atoms with E-state index in [9.17, 15) is 19.5 Å². The first-order chi connectivity index (χ1) is 16.9. The number of carbonyl (C=O) groups excluding carboxylic acids is 2. The molecule has 0 bridgehead atoms. The molecule has 0 spiro atoms. The van der Waals surface area contributed by atoms with Crippen LogP contribution in [0, 0.1) is 10.8 Å². The zero-order valence-electron chi connectivity index (χ0n) is 21.0. The number of hydrogen-bond donors (Lipinski definition) is 1. The van der Waals surface area contributed by atoms with Gasteiger partial charge >= 0.3 is 5.97 Å². The molecule has 0 fully saturated rings. The molecule has 2 aliphatic carbocycles. The number of nitrogens with zero attached hydrogens (tertiary/aromatic N) is 1. The lowest BCUT2D eigenvalue weighted by Crippen LogP contribution is -2.44. The molecular formula is C30H30BrNO4. The third-order valence-corrected chi connectivity index (χ3v) is 8.01. The smallest absolute Gasteiger partial charge is 0.335 e. The van der Waals surface area contributed by atoms with Gasteiger partial charge in [-0.25, -0.2) is 4.79 Å². The Morgan fingerprint density at radius 3 is 1.72 bits per heavy atom. The second-order valence-electron chi connectivity index (χ2n) is 11.8. The predicted octanol–water partition coefficient (Wildman–Crippen LogP) is 7.04. The summed E-state index contributed by atoms with van der Waals surface area (Å²) in [5, 5.41) is 9.42. The van der Waals surface area contributed by atoms with E-state index in [0.717, 1.165) is 27.1 Å². The average Bonchev–Trinajstić information content (AvgIpc) is 2.77. The van der Waals surface area contributed by atoms with Crippen LogP contribution < -0.4 is 4.90 Å². The summed E-state index contributed by atoms with van der Waals surface area (Å²) in [6.45, 7) is 8.42. The lowest BCUT2D eigenvalue weighted by Gasteiger charge is -2.49. The number of carboxylic acid groups (broad SMARTS) is 1. The Balaban J connectivity index is 1.80. The Kier molecular flexibility index (Phi) is 5.86. The molecule has 0 atom stereocenters. The number of carboxylic acids is 1. The molecule has 0 saturated carbocycles. The molecule has 0 amide bonds. The van der Waals surface area contributed by atoms with E-state index in [-0.39, 0.29) is 28.0 Å². The summed E-state index contributed by atoms with van der Waals surface area (Å²) >= 11 is 3.51. The predicted molar refractivity (Wildman–Crippen MR) is 143 cm³/mol. The normalized spacial score (nSPS) is 21.4. The highest BCUT2D eigenvalue weighted by atomic mass is 79.9. The lowest BCUT2D eigenvalue weighted by atomic mass is 9.63. The second kappa shape index (κ2) is 8.55. The van der Waals surface area contributed by atoms with Crippen LogP contribution in [-0.4, -0.2) is 22.6 Å². The van der Waals surface area contributed by atoms with Crippen molar-refractivity contribution < 1.29 is 19.5 Å². The quantitative estimate of drug-likeness (QED) is 0.446. The van der Waals surface area contributed by atoms with Gasteiger partial charge in [-0.05, 0) is 65.6 Å². The van der Waals surface area contributed by atoms with Crippen molar-refractivity contribution >= 4 is 39.2 Å². The van der Waals surface area contributed by atoms with Gasteiger partial charge in [-0.1, -0.05) is 55.8 Å². The largest absolute Gasteiger partial charge is 0.478 e. The van der Waals surface area contributed by atoms with Gasteiger partial charge in [0.25, 0.3) is 0 Å². The summed E-state index contributed by atoms with van der Waals surface area (Å²) in [6.07, 6.45) is 2.22. The van der Waals surface area contributed by atoms with Crippen molar-refractivity contribution in [2.45, 2.75) is 59.3 Å². The highest BCUT2D eigenvalue weighted by molar-refractivity contribution is 9.10. The van der Waals surface area contributed by atoms with E-state index in [1.807, 2.05) is 24.3 Å². The van der Waals surface area contributed by atoms with E-state index in [0.29, 0.717) is 36.8 Å². The minimum Gasteiger partial charge on any atom is -0.478 e. The number of rotatable bonds is 3. The summed E-state index contributed by atoms with van der Waals surface area (Å²) in [7, 11) is 0. The standard InChI is InChI=1S/C30H30BrNO4/c1-29(2)13-21-26(23(33)15-29)25(17-5-9-19(31)10-6-17)27-22(14-30(3,4)16-24(27)34)32(21)20-11-7-18(8-12-20)28(35)36/h5-12,25H,13-16H2,1-4H3,(H,35,36). The number of benzene rings is 2. The highest BCUT2D eigenvalue weighted by Crippen LogP contribution is 2.55. The minimum atomic E-state index is -0.988. The van der Waals surface area contributed by atoms with Gasteiger partial charge in [0, 0.05) is 51.5 Å². The van der Waals surface area contributed by atoms with Crippen LogP contribution in [-0.2, 0) is 9.59 Å². The number of halogens is 1. The summed E-state index contributed by atoms with van der Waals surface area (Å²) < 4.78 is 0.942. The maximum Gasteiger partial charge on any atom is 0.335 e. The molecule has 2 aromatic carbocycles. The van der Waals surface area contributed by atoms with Crippen LogP contribution in [0.2, 0.25) is 0 Å². The van der Waals surface area contributed by atoms with Crippen molar-refractivity contribution in [3.05, 3.63) is 86.7 Å². The molecule has 36 heavy (non-hydrogen) atoms. The average molecular weight is 548 g/mol. The summed E-state index contributed by atoms with van der Waals surface area (Å²) in [5.41, 5.74) is 4.72. The lowest BCUT2D eigenvalue weighted by molar-refractivity contribution is -0.119. The third kappa shape index (κ3) is 4.26. The molecule has 0 unspecified atom stereocenters. The number of Topliss-reactive ketones (excluding diaryl/α,β-unsaturated/α-hetero) is 2.